The second-order valence-corrected chi connectivity index (χ2v) is 5.36. The number of amides is 1. The Morgan fingerprint density at radius 3 is 3.06 bits per heavy atom. The lowest BCUT2D eigenvalue weighted by atomic mass is 9.98. The molecule has 2 aliphatic heterocycles. The van der Waals surface area contributed by atoms with Crippen molar-refractivity contribution in [3.63, 3.8) is 0 Å². The highest BCUT2D eigenvalue weighted by atomic mass is 16.3. The van der Waals surface area contributed by atoms with E-state index in [0.29, 0.717) is 5.92 Å². The molecule has 1 aliphatic carbocycles. The summed E-state index contributed by atoms with van der Waals surface area (Å²) in [5.41, 5.74) is 1.65. The van der Waals surface area contributed by atoms with E-state index in [9.17, 15) is 9.90 Å². The van der Waals surface area contributed by atoms with E-state index in [0.717, 1.165) is 43.5 Å². The maximum Gasteiger partial charge on any atom is 0.256 e. The third kappa shape index (κ3) is 1.63. The number of nitrogens with one attached hydrogen (secondary N) is 1. The Balaban J connectivity index is 1.87. The van der Waals surface area contributed by atoms with Crippen molar-refractivity contribution in [1.29, 1.82) is 0 Å². The van der Waals surface area contributed by atoms with Crippen LogP contribution >= 0.6 is 0 Å². The van der Waals surface area contributed by atoms with Gasteiger partial charge in [-0.3, -0.25) is 4.79 Å². The number of aliphatic hydroxyl groups is 1. The normalized spacial score (nSPS) is 35.6. The number of carbonyl (C=O) groups is 1. The second kappa shape index (κ2) is 4.52. The van der Waals surface area contributed by atoms with Gasteiger partial charge in [0.2, 0.25) is 0 Å². The Hall–Kier alpha value is -1.13. The Bertz CT molecular complexity index is 428. The molecule has 0 aromatic heterocycles. The molecule has 4 nitrogen and oxygen atoms in total. The summed E-state index contributed by atoms with van der Waals surface area (Å²) in [6.07, 6.45) is 5.99. The van der Waals surface area contributed by atoms with Gasteiger partial charge in [0, 0.05) is 18.7 Å². The van der Waals surface area contributed by atoms with Crippen LogP contribution in [0.25, 0.3) is 0 Å². The fourth-order valence-electron chi connectivity index (χ4n) is 3.37. The van der Waals surface area contributed by atoms with E-state index >= 15 is 0 Å². The lowest BCUT2D eigenvalue weighted by molar-refractivity contribution is -0.135. The standard InChI is InChI=1S/C14H20N2O2/c1-2-9-7-15-8-12(9)16-13(17)10-5-3-4-6-11(10)14(16)18/h3,5,9,12,14-15,18H,2,4,6-8H2,1H3/t9-,12?,14?/m1/s1. The van der Waals surface area contributed by atoms with E-state index in [1.165, 1.54) is 0 Å². The van der Waals surface area contributed by atoms with Crippen LogP contribution in [0.5, 0.6) is 0 Å². The van der Waals surface area contributed by atoms with Gasteiger partial charge in [0.1, 0.15) is 0 Å². The minimum absolute atomic E-state index is 0.0144. The number of carbonyl (C=O) groups excluding carboxylic acids is 1. The number of hydrogen-bond acceptors (Lipinski definition) is 3. The molecule has 0 aromatic rings. The van der Waals surface area contributed by atoms with Crippen molar-refractivity contribution in [2.75, 3.05) is 13.1 Å². The molecule has 18 heavy (non-hydrogen) atoms. The van der Waals surface area contributed by atoms with Gasteiger partial charge in [-0.2, -0.15) is 0 Å². The van der Waals surface area contributed by atoms with Gasteiger partial charge in [-0.15, -0.1) is 0 Å². The Morgan fingerprint density at radius 1 is 1.50 bits per heavy atom. The maximum absolute atomic E-state index is 12.4. The molecule has 0 aromatic carbocycles. The van der Waals surface area contributed by atoms with Gasteiger partial charge in [-0.25, -0.2) is 0 Å². The summed E-state index contributed by atoms with van der Waals surface area (Å²) in [5, 5.41) is 13.7. The third-order valence-corrected chi connectivity index (χ3v) is 4.44. The smallest absolute Gasteiger partial charge is 0.256 e. The molecule has 3 rings (SSSR count). The van der Waals surface area contributed by atoms with Crippen molar-refractivity contribution in [3.05, 3.63) is 23.3 Å². The highest BCUT2D eigenvalue weighted by Crippen LogP contribution is 2.35. The summed E-state index contributed by atoms with van der Waals surface area (Å²) in [4.78, 5) is 14.1. The van der Waals surface area contributed by atoms with Crippen molar-refractivity contribution in [1.82, 2.24) is 10.2 Å². The quantitative estimate of drug-likeness (QED) is 0.759. The van der Waals surface area contributed by atoms with E-state index < -0.39 is 6.23 Å². The van der Waals surface area contributed by atoms with Crippen LogP contribution in [-0.4, -0.2) is 41.3 Å². The minimum Gasteiger partial charge on any atom is -0.369 e. The van der Waals surface area contributed by atoms with E-state index in [-0.39, 0.29) is 11.9 Å². The van der Waals surface area contributed by atoms with Crippen molar-refractivity contribution < 1.29 is 9.90 Å². The number of nitrogens with zero attached hydrogens (tertiary/aromatic N) is 1. The van der Waals surface area contributed by atoms with Gasteiger partial charge in [0.25, 0.3) is 5.91 Å². The summed E-state index contributed by atoms with van der Waals surface area (Å²) >= 11 is 0. The zero-order valence-corrected chi connectivity index (χ0v) is 10.7. The molecular formula is C14H20N2O2. The Labute approximate surface area is 107 Å². The van der Waals surface area contributed by atoms with E-state index in [4.69, 9.17) is 0 Å². The zero-order chi connectivity index (χ0) is 12.7. The first-order valence-corrected chi connectivity index (χ1v) is 6.85. The molecule has 0 radical (unpaired) electrons. The molecular weight excluding hydrogens is 228 g/mol. The van der Waals surface area contributed by atoms with E-state index in [2.05, 4.69) is 12.2 Å². The molecule has 0 spiro atoms. The molecule has 2 N–H and O–H groups in total. The minimum atomic E-state index is -0.698. The van der Waals surface area contributed by atoms with E-state index in [1.807, 2.05) is 12.2 Å². The topological polar surface area (TPSA) is 52.6 Å². The second-order valence-electron chi connectivity index (χ2n) is 5.36. The first-order chi connectivity index (χ1) is 8.74. The van der Waals surface area contributed by atoms with Crippen LogP contribution in [0.1, 0.15) is 26.2 Å². The highest BCUT2D eigenvalue weighted by molar-refractivity contribution is 6.00. The SMILES string of the molecule is CC[C@@H]1CNCC1N1C(=O)C2=C(CCC=C2)C1O. The molecule has 2 heterocycles. The third-order valence-electron chi connectivity index (χ3n) is 4.44. The summed E-state index contributed by atoms with van der Waals surface area (Å²) in [7, 11) is 0. The first-order valence-electron chi connectivity index (χ1n) is 6.85. The van der Waals surface area contributed by atoms with Crippen molar-refractivity contribution in [2.24, 2.45) is 5.92 Å². The molecule has 3 aliphatic rings. The summed E-state index contributed by atoms with van der Waals surface area (Å²) in [6.45, 7) is 3.88. The van der Waals surface area contributed by atoms with Crippen molar-refractivity contribution >= 4 is 5.91 Å². The molecule has 98 valence electrons. The average Bonchev–Trinajstić information content (AvgIpc) is 2.95. The maximum atomic E-state index is 12.4. The Morgan fingerprint density at radius 2 is 2.33 bits per heavy atom. The molecule has 1 amide bonds. The van der Waals surface area contributed by atoms with Gasteiger partial charge in [0.15, 0.2) is 6.23 Å². The highest BCUT2D eigenvalue weighted by Gasteiger charge is 2.44. The number of rotatable bonds is 2. The average molecular weight is 248 g/mol. The van der Waals surface area contributed by atoms with Gasteiger partial charge in [-0.05, 0) is 24.3 Å². The summed E-state index contributed by atoms with van der Waals surface area (Å²) in [6, 6.07) is 0.136. The van der Waals surface area contributed by atoms with Crippen molar-refractivity contribution in [2.45, 2.75) is 38.5 Å². The lowest BCUT2D eigenvalue weighted by Gasteiger charge is -2.32. The van der Waals surface area contributed by atoms with Gasteiger partial charge < -0.3 is 15.3 Å². The van der Waals surface area contributed by atoms with Crippen LogP contribution in [0.4, 0.5) is 0 Å². The molecule has 1 fully saturated rings. The molecule has 1 saturated heterocycles. The predicted octanol–water partition coefficient (Wildman–Crippen LogP) is 0.792. The van der Waals surface area contributed by atoms with Crippen LogP contribution in [0.15, 0.2) is 23.3 Å². The van der Waals surface area contributed by atoms with Crippen molar-refractivity contribution in [3.8, 4) is 0 Å². The van der Waals surface area contributed by atoms with Crippen LogP contribution in [0, 0.1) is 5.92 Å². The van der Waals surface area contributed by atoms with Crippen LogP contribution in [0.3, 0.4) is 0 Å². The van der Waals surface area contributed by atoms with Gasteiger partial charge in [0.05, 0.1) is 6.04 Å². The van der Waals surface area contributed by atoms with Crippen LogP contribution < -0.4 is 5.32 Å². The van der Waals surface area contributed by atoms with E-state index in [1.54, 1.807) is 4.90 Å². The predicted molar refractivity (Wildman–Crippen MR) is 68.7 cm³/mol. The number of hydrogen-bond donors (Lipinski definition) is 2. The largest absolute Gasteiger partial charge is 0.369 e. The lowest BCUT2D eigenvalue weighted by Crippen LogP contribution is -2.47. The monoisotopic (exact) mass is 248 g/mol. The number of allylic oxidation sites excluding steroid dienone is 1. The van der Waals surface area contributed by atoms with Gasteiger partial charge >= 0.3 is 0 Å². The molecule has 3 atom stereocenters. The Kier molecular flexibility index (Phi) is 2.99. The number of aliphatic hydroxyl groups excluding tert-OH is 1. The fraction of sp³-hybridized carbons (Fsp3) is 0.643. The molecule has 0 bridgehead atoms. The zero-order valence-electron chi connectivity index (χ0n) is 10.7. The molecule has 4 heteroatoms. The molecule has 0 saturated carbocycles. The van der Waals surface area contributed by atoms with Gasteiger partial charge in [-0.1, -0.05) is 25.5 Å². The fourth-order valence-corrected chi connectivity index (χ4v) is 3.37. The summed E-state index contributed by atoms with van der Waals surface area (Å²) in [5.74, 6) is 0.467. The first kappa shape index (κ1) is 11.9. The molecule has 2 unspecified atom stereocenters. The van der Waals surface area contributed by atoms with Crippen LogP contribution in [-0.2, 0) is 4.79 Å². The van der Waals surface area contributed by atoms with Crippen LogP contribution in [0.2, 0.25) is 0 Å². The summed E-state index contributed by atoms with van der Waals surface area (Å²) < 4.78 is 0.